The number of fused-ring (bicyclic) bond motifs is 7. The van der Waals surface area contributed by atoms with Crippen LogP contribution in [-0.4, -0.2) is 14.1 Å². The highest BCUT2D eigenvalue weighted by Gasteiger charge is 2.50. The number of aryl methyl sites for hydroxylation is 4. The van der Waals surface area contributed by atoms with Gasteiger partial charge in [-0.05, 0) is 143 Å². The van der Waals surface area contributed by atoms with Gasteiger partial charge in [0.2, 0.25) is 0 Å². The molecule has 2 nitrogen and oxygen atoms in total. The van der Waals surface area contributed by atoms with E-state index in [9.17, 15) is 0 Å². The monoisotopic (exact) mass is 748 g/mol. The Morgan fingerprint density at radius 1 is 0.421 bits per heavy atom. The summed E-state index contributed by atoms with van der Waals surface area (Å²) in [6.45, 7) is 18.8. The minimum atomic E-state index is -0.516. The molecular weight excluding hydrogens is 689 g/mol. The van der Waals surface area contributed by atoms with E-state index in [0.29, 0.717) is 0 Å². The molecule has 0 fully saturated rings. The van der Waals surface area contributed by atoms with Crippen molar-refractivity contribution in [3.63, 3.8) is 0 Å². The second-order valence-electron chi connectivity index (χ2n) is 18.6. The van der Waals surface area contributed by atoms with E-state index in [-0.39, 0.29) is 10.8 Å². The SMILES string of the molecule is CCCCc1ccc(C2(c3ccc(CCCC)cc3)c3cc4c(cc3-c3cc5c(cc32)N(C)c2ccc(C)cc2C5(C)C)C(C)(C)c2cc(C)ccc2N4C)cc1. The first-order valence-electron chi connectivity index (χ1n) is 21.6. The van der Waals surface area contributed by atoms with Crippen LogP contribution in [0.2, 0.25) is 0 Å². The largest absolute Gasteiger partial charge is 0.344 e. The Morgan fingerprint density at radius 3 is 1.16 bits per heavy atom. The van der Waals surface area contributed by atoms with Gasteiger partial charge in [-0.15, -0.1) is 0 Å². The topological polar surface area (TPSA) is 6.48 Å². The number of hydrogen-bond acceptors (Lipinski definition) is 2. The van der Waals surface area contributed by atoms with E-state index < -0.39 is 5.41 Å². The Kier molecular flexibility index (Phi) is 8.89. The maximum Gasteiger partial charge on any atom is 0.0715 e. The molecule has 0 saturated carbocycles. The van der Waals surface area contributed by atoms with Crippen LogP contribution in [0.1, 0.15) is 134 Å². The van der Waals surface area contributed by atoms with Crippen LogP contribution < -0.4 is 9.80 Å². The van der Waals surface area contributed by atoms with E-state index in [1.54, 1.807) is 0 Å². The molecule has 0 aromatic heterocycles. The molecule has 2 heterocycles. The minimum absolute atomic E-state index is 0.171. The number of nitrogens with zero attached hydrogens (tertiary/aromatic N) is 2. The molecule has 57 heavy (non-hydrogen) atoms. The molecule has 0 bridgehead atoms. The molecule has 290 valence electrons. The molecule has 0 atom stereocenters. The van der Waals surface area contributed by atoms with Crippen molar-refractivity contribution in [2.45, 2.75) is 110 Å². The molecule has 0 spiro atoms. The fraction of sp³-hybridized carbons (Fsp3) is 0.345. The van der Waals surface area contributed by atoms with E-state index in [1.807, 2.05) is 0 Å². The summed E-state index contributed by atoms with van der Waals surface area (Å²) in [5.74, 6) is 0. The van der Waals surface area contributed by atoms with Gasteiger partial charge < -0.3 is 9.80 Å². The number of hydrogen-bond donors (Lipinski definition) is 0. The van der Waals surface area contributed by atoms with Gasteiger partial charge in [-0.2, -0.15) is 0 Å². The van der Waals surface area contributed by atoms with Crippen LogP contribution in [0.25, 0.3) is 11.1 Å². The second-order valence-corrected chi connectivity index (χ2v) is 18.6. The van der Waals surface area contributed by atoms with Crippen molar-refractivity contribution in [3.05, 3.63) is 176 Å². The van der Waals surface area contributed by atoms with Gasteiger partial charge in [0.05, 0.1) is 5.41 Å². The van der Waals surface area contributed by atoms with Crippen LogP contribution in [0, 0.1) is 13.8 Å². The van der Waals surface area contributed by atoms with Gasteiger partial charge in [-0.3, -0.25) is 0 Å². The predicted octanol–water partition coefficient (Wildman–Crippen LogP) is 14.2. The lowest BCUT2D eigenvalue weighted by atomic mass is 9.65. The third-order valence-corrected chi connectivity index (χ3v) is 14.2. The van der Waals surface area contributed by atoms with Crippen molar-refractivity contribution < 1.29 is 0 Å². The Balaban J connectivity index is 1.39. The van der Waals surface area contributed by atoms with Gasteiger partial charge in [0, 0.05) is 47.7 Å². The Bertz CT molecular complexity index is 2350. The summed E-state index contributed by atoms with van der Waals surface area (Å²) in [5.41, 5.74) is 23.5. The van der Waals surface area contributed by atoms with E-state index >= 15 is 0 Å². The van der Waals surface area contributed by atoms with Crippen LogP contribution in [0.15, 0.2) is 109 Å². The maximum absolute atomic E-state index is 2.60. The second kappa shape index (κ2) is 13.5. The van der Waals surface area contributed by atoms with Crippen LogP contribution >= 0.6 is 0 Å². The lowest BCUT2D eigenvalue weighted by molar-refractivity contribution is 0.628. The van der Waals surface area contributed by atoms with Crippen LogP contribution in [0.3, 0.4) is 0 Å². The highest BCUT2D eigenvalue weighted by Crippen LogP contribution is 2.62. The zero-order valence-electron chi connectivity index (χ0n) is 36.0. The lowest BCUT2D eigenvalue weighted by Crippen LogP contribution is -2.33. The number of anilines is 4. The average Bonchev–Trinajstić information content (AvgIpc) is 3.49. The molecule has 0 N–H and O–H groups in total. The summed E-state index contributed by atoms with van der Waals surface area (Å²) in [6.07, 6.45) is 7.04. The van der Waals surface area contributed by atoms with Gasteiger partial charge in [-0.25, -0.2) is 0 Å². The summed E-state index contributed by atoms with van der Waals surface area (Å²) in [4.78, 5) is 4.93. The smallest absolute Gasteiger partial charge is 0.0715 e. The molecule has 9 rings (SSSR count). The molecule has 1 aliphatic carbocycles. The molecule has 6 aromatic carbocycles. The summed E-state index contributed by atoms with van der Waals surface area (Å²) < 4.78 is 0. The van der Waals surface area contributed by atoms with Gasteiger partial charge in [-0.1, -0.05) is 138 Å². The highest BCUT2D eigenvalue weighted by molar-refractivity contribution is 5.94. The fourth-order valence-electron chi connectivity index (χ4n) is 10.8. The minimum Gasteiger partial charge on any atom is -0.344 e. The number of benzene rings is 6. The summed E-state index contributed by atoms with van der Waals surface area (Å²) in [6, 6.07) is 43.9. The Hall–Kier alpha value is -5.08. The standard InChI is InChI=1S/C55H60N2/c1-11-13-15-37-19-23-39(24-20-37)55(40-25-21-38(22-26-40)16-14-12-2)43-33-51-47(53(5,6)45-29-35(3)17-27-49(45)56(51)9)31-41(43)42-32-48-52(34-44(42)55)57(10)50-28-18-36(4)30-46(50)54(48,7)8/h17-34H,11-16H2,1-10H3. The quantitative estimate of drug-likeness (QED) is 0.153. The fourth-order valence-corrected chi connectivity index (χ4v) is 10.8. The third kappa shape index (κ3) is 5.49. The number of rotatable bonds is 8. The van der Waals surface area contributed by atoms with E-state index in [2.05, 4.69) is 188 Å². The predicted molar refractivity (Wildman–Crippen MR) is 244 cm³/mol. The zero-order valence-corrected chi connectivity index (χ0v) is 36.0. The average molecular weight is 749 g/mol. The van der Waals surface area contributed by atoms with Gasteiger partial charge in [0.15, 0.2) is 0 Å². The normalized spacial score (nSPS) is 16.3. The van der Waals surface area contributed by atoms with Crippen LogP contribution in [0.5, 0.6) is 0 Å². The van der Waals surface area contributed by atoms with E-state index in [0.717, 1.165) is 12.8 Å². The van der Waals surface area contributed by atoms with Crippen molar-refractivity contribution >= 4 is 22.7 Å². The third-order valence-electron chi connectivity index (χ3n) is 14.2. The van der Waals surface area contributed by atoms with Crippen LogP contribution in [0.4, 0.5) is 22.7 Å². The maximum atomic E-state index is 2.60. The van der Waals surface area contributed by atoms with Crippen molar-refractivity contribution in [2.24, 2.45) is 0 Å². The lowest BCUT2D eigenvalue weighted by Gasteiger charge is -2.42. The molecule has 2 aliphatic heterocycles. The van der Waals surface area contributed by atoms with Crippen molar-refractivity contribution in [1.82, 2.24) is 0 Å². The van der Waals surface area contributed by atoms with Crippen LogP contribution in [-0.2, 0) is 29.1 Å². The highest BCUT2D eigenvalue weighted by atomic mass is 15.1. The molecule has 0 saturated heterocycles. The van der Waals surface area contributed by atoms with Crippen molar-refractivity contribution in [3.8, 4) is 11.1 Å². The van der Waals surface area contributed by atoms with Crippen molar-refractivity contribution in [2.75, 3.05) is 23.9 Å². The first kappa shape index (κ1) is 37.5. The molecule has 0 amide bonds. The van der Waals surface area contributed by atoms with Gasteiger partial charge in [0.25, 0.3) is 0 Å². The molecule has 0 radical (unpaired) electrons. The summed E-state index contributed by atoms with van der Waals surface area (Å²) in [5, 5.41) is 0. The Labute approximate surface area is 342 Å². The summed E-state index contributed by atoms with van der Waals surface area (Å²) >= 11 is 0. The molecular formula is C55H60N2. The van der Waals surface area contributed by atoms with Gasteiger partial charge in [0.1, 0.15) is 0 Å². The molecule has 6 aromatic rings. The summed E-state index contributed by atoms with van der Waals surface area (Å²) in [7, 11) is 4.55. The van der Waals surface area contributed by atoms with Crippen molar-refractivity contribution in [1.29, 1.82) is 0 Å². The Morgan fingerprint density at radius 2 is 0.789 bits per heavy atom. The van der Waals surface area contributed by atoms with E-state index in [4.69, 9.17) is 0 Å². The molecule has 2 heteroatoms. The molecule has 0 unspecified atom stereocenters. The van der Waals surface area contributed by atoms with E-state index in [1.165, 1.54) is 126 Å². The first-order chi connectivity index (χ1) is 27.3. The first-order valence-corrected chi connectivity index (χ1v) is 21.6. The molecule has 3 aliphatic rings. The zero-order chi connectivity index (χ0) is 40.0. The number of unbranched alkanes of at least 4 members (excludes halogenated alkanes) is 2. The van der Waals surface area contributed by atoms with Gasteiger partial charge >= 0.3 is 0 Å².